The first-order chi connectivity index (χ1) is 18.3. The van der Waals surface area contributed by atoms with Crippen LogP contribution < -0.4 is 24.5 Å². The van der Waals surface area contributed by atoms with Crippen LogP contribution >= 0.6 is 11.3 Å². The standard InChI is InChI=1S/C27H24N2O8S/c1-6-36-26(32)24-13(2)28-27(38-24)29-20(14-11-17(33-3)22(35-5)18(12-14)34-4)19-21(30)15-9-7-8-10-16(15)37-23(19)25(29)31/h7-12,20H,6H2,1-5H3/t20-/m1/s1. The number of anilines is 1. The molecule has 2 aromatic carbocycles. The van der Waals surface area contributed by atoms with Crippen molar-refractivity contribution in [3.63, 3.8) is 0 Å². The number of hydrogen-bond donors (Lipinski definition) is 0. The molecule has 0 aliphatic carbocycles. The Morgan fingerprint density at radius 2 is 1.76 bits per heavy atom. The normalized spacial score (nSPS) is 14.5. The number of aryl methyl sites for hydroxylation is 1. The molecule has 0 N–H and O–H groups in total. The molecule has 5 rings (SSSR count). The fraction of sp³-hybridized carbons (Fsp3) is 0.259. The van der Waals surface area contributed by atoms with Crippen LogP contribution in [0.4, 0.5) is 5.13 Å². The minimum Gasteiger partial charge on any atom is -0.493 e. The maximum atomic E-state index is 13.9. The lowest BCUT2D eigenvalue weighted by molar-refractivity contribution is 0.0531. The highest BCUT2D eigenvalue weighted by Crippen LogP contribution is 2.47. The molecule has 1 amide bonds. The number of thiazole rings is 1. The number of amides is 1. The van der Waals surface area contributed by atoms with E-state index in [0.717, 1.165) is 11.3 Å². The predicted octanol–water partition coefficient (Wildman–Crippen LogP) is 4.51. The number of nitrogens with zero attached hydrogens (tertiary/aromatic N) is 2. The van der Waals surface area contributed by atoms with Gasteiger partial charge in [0.15, 0.2) is 22.1 Å². The average molecular weight is 537 g/mol. The maximum Gasteiger partial charge on any atom is 0.350 e. The topological polar surface area (TPSA) is 117 Å². The first-order valence-electron chi connectivity index (χ1n) is 11.7. The summed E-state index contributed by atoms with van der Waals surface area (Å²) in [5.74, 6) is -0.160. The zero-order valence-corrected chi connectivity index (χ0v) is 22.1. The van der Waals surface area contributed by atoms with E-state index < -0.39 is 17.9 Å². The number of carbonyl (C=O) groups excluding carboxylic acids is 2. The lowest BCUT2D eigenvalue weighted by atomic mass is 9.98. The molecule has 38 heavy (non-hydrogen) atoms. The molecule has 0 unspecified atom stereocenters. The maximum absolute atomic E-state index is 13.9. The molecule has 2 aromatic heterocycles. The van der Waals surface area contributed by atoms with Gasteiger partial charge in [-0.3, -0.25) is 14.5 Å². The van der Waals surface area contributed by atoms with Gasteiger partial charge in [-0.25, -0.2) is 9.78 Å². The molecule has 10 nitrogen and oxygen atoms in total. The van der Waals surface area contributed by atoms with Gasteiger partial charge in [0, 0.05) is 0 Å². The van der Waals surface area contributed by atoms with Crippen LogP contribution in [0.1, 0.15) is 50.0 Å². The van der Waals surface area contributed by atoms with E-state index in [1.807, 2.05) is 0 Å². The molecule has 0 bridgehead atoms. The van der Waals surface area contributed by atoms with Crippen molar-refractivity contribution in [1.82, 2.24) is 4.98 Å². The first kappa shape index (κ1) is 25.3. The number of benzene rings is 2. The minimum atomic E-state index is -0.951. The molecular formula is C27H24N2O8S. The number of rotatable bonds is 7. The monoisotopic (exact) mass is 536 g/mol. The summed E-state index contributed by atoms with van der Waals surface area (Å²) in [6, 6.07) is 9.12. The fourth-order valence-corrected chi connectivity index (χ4v) is 5.55. The van der Waals surface area contributed by atoms with Gasteiger partial charge in [0.2, 0.25) is 11.5 Å². The van der Waals surface area contributed by atoms with Crippen molar-refractivity contribution in [2.45, 2.75) is 19.9 Å². The molecule has 4 aromatic rings. The smallest absolute Gasteiger partial charge is 0.350 e. The Bertz CT molecular complexity index is 1620. The number of hydrogen-bond acceptors (Lipinski definition) is 10. The molecule has 0 saturated heterocycles. The van der Waals surface area contributed by atoms with Gasteiger partial charge in [-0.15, -0.1) is 0 Å². The average Bonchev–Trinajstić information content (AvgIpc) is 3.45. The van der Waals surface area contributed by atoms with Crippen LogP contribution in [-0.2, 0) is 4.74 Å². The third-order valence-electron chi connectivity index (χ3n) is 6.23. The Morgan fingerprint density at radius 1 is 1.08 bits per heavy atom. The number of aromatic nitrogens is 1. The Kier molecular flexibility index (Phi) is 6.53. The second-order valence-electron chi connectivity index (χ2n) is 8.34. The summed E-state index contributed by atoms with van der Waals surface area (Å²) in [4.78, 5) is 46.3. The third-order valence-corrected chi connectivity index (χ3v) is 7.37. The molecule has 1 atom stereocenters. The highest BCUT2D eigenvalue weighted by molar-refractivity contribution is 7.17. The van der Waals surface area contributed by atoms with Crippen molar-refractivity contribution in [1.29, 1.82) is 0 Å². The summed E-state index contributed by atoms with van der Waals surface area (Å²) in [7, 11) is 4.44. The van der Waals surface area contributed by atoms with E-state index in [9.17, 15) is 14.4 Å². The zero-order chi connectivity index (χ0) is 27.1. The second-order valence-corrected chi connectivity index (χ2v) is 9.32. The molecule has 0 radical (unpaired) electrons. The first-order valence-corrected chi connectivity index (χ1v) is 12.5. The molecule has 1 aliphatic heterocycles. The second kappa shape index (κ2) is 9.82. The molecule has 0 fully saturated rings. The van der Waals surface area contributed by atoms with E-state index in [2.05, 4.69) is 4.98 Å². The summed E-state index contributed by atoms with van der Waals surface area (Å²) >= 11 is 1.00. The van der Waals surface area contributed by atoms with Gasteiger partial charge in [0.1, 0.15) is 10.5 Å². The van der Waals surface area contributed by atoms with Crippen LogP contribution in [0.3, 0.4) is 0 Å². The molecular weight excluding hydrogens is 512 g/mol. The molecule has 196 valence electrons. The highest BCUT2D eigenvalue weighted by atomic mass is 32.1. The SMILES string of the molecule is CCOC(=O)c1sc(N2C(=O)c3oc4ccccc4c(=O)c3[C@H]2c2cc(OC)c(OC)c(OC)c2)nc1C. The van der Waals surface area contributed by atoms with Crippen molar-refractivity contribution in [2.75, 3.05) is 32.8 Å². The van der Waals surface area contributed by atoms with Crippen LogP contribution in [0.5, 0.6) is 17.2 Å². The van der Waals surface area contributed by atoms with Crippen LogP contribution in [0.2, 0.25) is 0 Å². The van der Waals surface area contributed by atoms with Gasteiger partial charge in [0.05, 0.1) is 50.6 Å². The van der Waals surface area contributed by atoms with Crippen molar-refractivity contribution >= 4 is 39.3 Å². The van der Waals surface area contributed by atoms with Crippen molar-refractivity contribution < 1.29 is 33.0 Å². The van der Waals surface area contributed by atoms with Crippen LogP contribution in [0, 0.1) is 6.92 Å². The van der Waals surface area contributed by atoms with Crippen molar-refractivity contribution in [3.8, 4) is 17.2 Å². The Labute approximate surface area is 221 Å². The molecule has 0 saturated carbocycles. The van der Waals surface area contributed by atoms with E-state index in [1.54, 1.807) is 50.2 Å². The molecule has 3 heterocycles. The fourth-order valence-electron chi connectivity index (χ4n) is 4.56. The molecule has 0 spiro atoms. The van der Waals surface area contributed by atoms with E-state index in [0.29, 0.717) is 33.9 Å². The zero-order valence-electron chi connectivity index (χ0n) is 21.3. The molecule has 1 aliphatic rings. The lowest BCUT2D eigenvalue weighted by Gasteiger charge is -2.24. The van der Waals surface area contributed by atoms with Crippen molar-refractivity contribution in [3.05, 3.63) is 74.1 Å². The Balaban J connectivity index is 1.79. The van der Waals surface area contributed by atoms with Crippen LogP contribution in [0.25, 0.3) is 11.0 Å². The Hall–Kier alpha value is -4.38. The van der Waals surface area contributed by atoms with Crippen LogP contribution in [0.15, 0.2) is 45.6 Å². The summed E-state index contributed by atoms with van der Waals surface area (Å²) in [6.07, 6.45) is 0. The third kappa shape index (κ3) is 3.86. The minimum absolute atomic E-state index is 0.0991. The van der Waals surface area contributed by atoms with E-state index >= 15 is 0 Å². The van der Waals surface area contributed by atoms with Crippen molar-refractivity contribution in [2.24, 2.45) is 0 Å². The van der Waals surface area contributed by atoms with Gasteiger partial charge < -0.3 is 23.4 Å². The van der Waals surface area contributed by atoms with Gasteiger partial charge >= 0.3 is 5.97 Å². The summed E-state index contributed by atoms with van der Waals surface area (Å²) in [5, 5.41) is 0.546. The Morgan fingerprint density at radius 3 is 2.39 bits per heavy atom. The van der Waals surface area contributed by atoms with Gasteiger partial charge in [-0.2, -0.15) is 0 Å². The van der Waals surface area contributed by atoms with Crippen LogP contribution in [-0.4, -0.2) is 44.8 Å². The largest absolute Gasteiger partial charge is 0.493 e. The van der Waals surface area contributed by atoms with Gasteiger partial charge in [0.25, 0.3) is 5.91 Å². The van der Waals surface area contributed by atoms with Gasteiger partial charge in [-0.05, 0) is 43.7 Å². The quantitative estimate of drug-likeness (QED) is 0.314. The number of esters is 1. The van der Waals surface area contributed by atoms with Gasteiger partial charge in [-0.1, -0.05) is 23.5 Å². The summed E-state index contributed by atoms with van der Waals surface area (Å²) in [6.45, 7) is 3.56. The number of fused-ring (bicyclic) bond motifs is 2. The summed E-state index contributed by atoms with van der Waals surface area (Å²) in [5.41, 5.74) is 0.987. The highest BCUT2D eigenvalue weighted by Gasteiger charge is 2.46. The van der Waals surface area contributed by atoms with E-state index in [1.165, 1.54) is 26.2 Å². The predicted molar refractivity (Wildman–Crippen MR) is 140 cm³/mol. The van der Waals surface area contributed by atoms with E-state index in [-0.39, 0.29) is 39.0 Å². The summed E-state index contributed by atoms with van der Waals surface area (Å²) < 4.78 is 27.7. The number of carbonyl (C=O) groups is 2. The number of ether oxygens (including phenoxy) is 4. The number of para-hydroxylation sites is 1. The molecule has 11 heteroatoms. The lowest BCUT2D eigenvalue weighted by Crippen LogP contribution is -2.29. The number of methoxy groups -OCH3 is 3. The van der Waals surface area contributed by atoms with E-state index in [4.69, 9.17) is 23.4 Å².